The molecule has 1 aromatic carbocycles. The van der Waals surface area contributed by atoms with E-state index in [9.17, 15) is 4.79 Å². The first-order valence-electron chi connectivity index (χ1n) is 11.0. The van der Waals surface area contributed by atoms with Crippen LogP contribution >= 0.6 is 0 Å². The highest BCUT2D eigenvalue weighted by atomic mass is 16.1. The number of azo groups is 1. The molecule has 31 heavy (non-hydrogen) atoms. The van der Waals surface area contributed by atoms with E-state index in [1.165, 1.54) is 0 Å². The largest absolute Gasteiger partial charge is 0.362 e. The monoisotopic (exact) mass is 412 g/mol. The molecule has 1 unspecified atom stereocenters. The number of benzene rings is 1. The molecule has 2 aliphatic heterocycles. The maximum atomic E-state index is 13.6. The number of rotatable bonds is 3. The van der Waals surface area contributed by atoms with E-state index >= 15 is 0 Å². The first kappa shape index (κ1) is 19.9. The van der Waals surface area contributed by atoms with E-state index in [0.717, 1.165) is 52.1 Å². The van der Waals surface area contributed by atoms with Crippen LogP contribution in [0.15, 0.2) is 75.9 Å². The zero-order valence-corrected chi connectivity index (χ0v) is 18.6. The highest BCUT2D eigenvalue weighted by Crippen LogP contribution is 2.53. The summed E-state index contributed by atoms with van der Waals surface area (Å²) in [4.78, 5) is 17.9. The lowest BCUT2D eigenvalue weighted by Gasteiger charge is -2.47. The predicted octanol–water partition coefficient (Wildman–Crippen LogP) is 5.63. The molecule has 1 aromatic heterocycles. The molecule has 158 valence electrons. The Kier molecular flexibility index (Phi) is 4.47. The molecule has 0 saturated heterocycles. The normalized spacial score (nSPS) is 26.3. The molecule has 2 aromatic rings. The Labute approximate surface area is 183 Å². The molecule has 5 rings (SSSR count). The second-order valence-corrected chi connectivity index (χ2v) is 9.68. The summed E-state index contributed by atoms with van der Waals surface area (Å²) in [6, 6.07) is 12.7. The third kappa shape index (κ3) is 3.06. The van der Waals surface area contributed by atoms with Gasteiger partial charge in [-0.3, -0.25) is 9.78 Å². The van der Waals surface area contributed by atoms with Gasteiger partial charge < -0.3 is 5.32 Å². The number of fused-ring (bicyclic) bond motifs is 1. The van der Waals surface area contributed by atoms with Crippen molar-refractivity contribution in [2.24, 2.45) is 15.6 Å². The number of aryl methyl sites for hydroxylation is 1. The summed E-state index contributed by atoms with van der Waals surface area (Å²) in [6.07, 6.45) is 5.70. The van der Waals surface area contributed by atoms with Crippen molar-refractivity contribution >= 4 is 5.78 Å². The van der Waals surface area contributed by atoms with Gasteiger partial charge in [0.05, 0.1) is 11.6 Å². The van der Waals surface area contributed by atoms with Crippen molar-refractivity contribution in [2.75, 3.05) is 0 Å². The van der Waals surface area contributed by atoms with Crippen LogP contribution in [0.1, 0.15) is 51.3 Å². The van der Waals surface area contributed by atoms with E-state index < -0.39 is 5.41 Å². The molecule has 5 nitrogen and oxygen atoms in total. The molecular formula is C26H28N4O. The van der Waals surface area contributed by atoms with Gasteiger partial charge in [0.2, 0.25) is 0 Å². The lowest BCUT2D eigenvalue weighted by molar-refractivity contribution is -0.119. The third-order valence-electron chi connectivity index (χ3n) is 6.89. The smallest absolute Gasteiger partial charge is 0.164 e. The number of allylic oxidation sites excluding steroid dienone is 2. The van der Waals surface area contributed by atoms with Crippen LogP contribution in [0.5, 0.6) is 0 Å². The summed E-state index contributed by atoms with van der Waals surface area (Å²) in [5.74, 6) is 0.233. The number of nitrogens with one attached hydrogen (secondary N) is 1. The second kappa shape index (κ2) is 6.98. The van der Waals surface area contributed by atoms with E-state index in [0.29, 0.717) is 6.42 Å². The summed E-state index contributed by atoms with van der Waals surface area (Å²) >= 11 is 0. The second-order valence-electron chi connectivity index (χ2n) is 9.68. The van der Waals surface area contributed by atoms with Gasteiger partial charge in [-0.25, -0.2) is 0 Å². The number of aromatic nitrogens is 1. The summed E-state index contributed by atoms with van der Waals surface area (Å²) in [5, 5.41) is 12.3. The van der Waals surface area contributed by atoms with Crippen LogP contribution in [0.25, 0.3) is 11.1 Å². The van der Waals surface area contributed by atoms with Gasteiger partial charge in [-0.05, 0) is 60.1 Å². The average molecular weight is 413 g/mol. The molecule has 0 saturated carbocycles. The zero-order chi connectivity index (χ0) is 21.8. The molecule has 0 radical (unpaired) electrons. The van der Waals surface area contributed by atoms with Crippen molar-refractivity contribution in [3.8, 4) is 11.1 Å². The first-order valence-corrected chi connectivity index (χ1v) is 11.0. The predicted molar refractivity (Wildman–Crippen MR) is 121 cm³/mol. The fourth-order valence-corrected chi connectivity index (χ4v) is 5.58. The molecule has 5 heteroatoms. The van der Waals surface area contributed by atoms with Crippen LogP contribution in [-0.2, 0) is 10.2 Å². The minimum Gasteiger partial charge on any atom is -0.362 e. The third-order valence-corrected chi connectivity index (χ3v) is 6.89. The fraction of sp³-hybridized carbons (Fsp3) is 0.385. The molecule has 0 bridgehead atoms. The molecule has 0 spiro atoms. The van der Waals surface area contributed by atoms with E-state index in [1.807, 2.05) is 25.4 Å². The van der Waals surface area contributed by atoms with Gasteiger partial charge in [0, 0.05) is 35.2 Å². The van der Waals surface area contributed by atoms with Gasteiger partial charge in [0.15, 0.2) is 11.9 Å². The minimum absolute atomic E-state index is 0.0597. The van der Waals surface area contributed by atoms with Gasteiger partial charge in [0.1, 0.15) is 0 Å². The van der Waals surface area contributed by atoms with Crippen LogP contribution in [-0.4, -0.2) is 16.9 Å². The number of carbonyl (C=O) groups excluding carboxylic acids is 1. The molecule has 1 N–H and O–H groups in total. The van der Waals surface area contributed by atoms with Crippen molar-refractivity contribution in [3.05, 3.63) is 76.9 Å². The van der Waals surface area contributed by atoms with Crippen LogP contribution in [0.4, 0.5) is 0 Å². The SMILES string of the molecule is CC[C@]1(c2cccc(-c3ccnc(C)c3)c2)C2=CN=NC2NC2=C1C(=O)CC(C)(C)C2. The van der Waals surface area contributed by atoms with E-state index in [4.69, 9.17) is 0 Å². The Morgan fingerprint density at radius 1 is 1.13 bits per heavy atom. The Balaban J connectivity index is 1.73. The Morgan fingerprint density at radius 2 is 1.94 bits per heavy atom. The molecule has 0 fully saturated rings. The number of hydrogen-bond donors (Lipinski definition) is 1. The number of Topliss-reactive ketones (excluding diaryl/α,β-unsaturated/α-hetero) is 1. The fourth-order valence-electron chi connectivity index (χ4n) is 5.58. The van der Waals surface area contributed by atoms with Crippen LogP contribution in [0, 0.1) is 12.3 Å². The van der Waals surface area contributed by atoms with Gasteiger partial charge in [-0.1, -0.05) is 39.0 Å². The number of nitrogens with zero attached hydrogens (tertiary/aromatic N) is 3. The lowest BCUT2D eigenvalue weighted by atomic mass is 9.58. The maximum absolute atomic E-state index is 13.6. The number of hydrogen-bond acceptors (Lipinski definition) is 5. The number of ketones is 1. The van der Waals surface area contributed by atoms with Gasteiger partial charge in [0.25, 0.3) is 0 Å². The summed E-state index contributed by atoms with van der Waals surface area (Å²) in [6.45, 7) is 8.50. The van der Waals surface area contributed by atoms with Gasteiger partial charge in [-0.2, -0.15) is 10.2 Å². The van der Waals surface area contributed by atoms with Crippen LogP contribution in [0.3, 0.4) is 0 Å². The first-order chi connectivity index (χ1) is 14.8. The van der Waals surface area contributed by atoms with E-state index in [-0.39, 0.29) is 17.4 Å². The zero-order valence-electron chi connectivity index (χ0n) is 18.6. The number of pyridine rings is 1. The molecular weight excluding hydrogens is 384 g/mol. The molecule has 1 aliphatic carbocycles. The van der Waals surface area contributed by atoms with Gasteiger partial charge >= 0.3 is 0 Å². The quantitative estimate of drug-likeness (QED) is 0.711. The maximum Gasteiger partial charge on any atom is 0.164 e. The summed E-state index contributed by atoms with van der Waals surface area (Å²) < 4.78 is 0. The molecule has 3 aliphatic rings. The van der Waals surface area contributed by atoms with E-state index in [2.05, 4.69) is 71.6 Å². The molecule has 3 heterocycles. The minimum atomic E-state index is -0.513. The number of carbonyl (C=O) groups is 1. The standard InChI is InChI=1S/C26H28N4O/c1-5-26(19-8-6-7-17(12-19)18-9-10-27-16(2)11-18)20-15-28-30-24(20)29-21-13-25(3,4)14-22(31)23(21)26/h6-12,15,24,29H,5,13-14H2,1-4H3/t24?,26-/m0/s1. The summed E-state index contributed by atoms with van der Waals surface area (Å²) in [5.41, 5.74) is 6.83. The molecule has 0 amide bonds. The van der Waals surface area contributed by atoms with Gasteiger partial charge in [-0.15, -0.1) is 0 Å². The molecule has 2 atom stereocenters. The van der Waals surface area contributed by atoms with Crippen LogP contribution in [0.2, 0.25) is 0 Å². The highest BCUT2D eigenvalue weighted by molar-refractivity contribution is 6.01. The Bertz CT molecular complexity index is 1170. The van der Waals surface area contributed by atoms with Crippen molar-refractivity contribution in [2.45, 2.75) is 58.5 Å². The average Bonchev–Trinajstić information content (AvgIpc) is 3.20. The Hall–Kier alpha value is -3.08. The Morgan fingerprint density at radius 3 is 2.71 bits per heavy atom. The van der Waals surface area contributed by atoms with Crippen molar-refractivity contribution < 1.29 is 4.79 Å². The highest BCUT2D eigenvalue weighted by Gasteiger charge is 2.52. The van der Waals surface area contributed by atoms with Crippen molar-refractivity contribution in [1.29, 1.82) is 0 Å². The van der Waals surface area contributed by atoms with E-state index in [1.54, 1.807) is 0 Å². The topological polar surface area (TPSA) is 66.7 Å². The van der Waals surface area contributed by atoms with Crippen molar-refractivity contribution in [3.63, 3.8) is 0 Å². The summed E-state index contributed by atoms with van der Waals surface area (Å²) in [7, 11) is 0. The lowest BCUT2D eigenvalue weighted by Crippen LogP contribution is -2.51. The van der Waals surface area contributed by atoms with Crippen LogP contribution < -0.4 is 5.32 Å². The van der Waals surface area contributed by atoms with Crippen molar-refractivity contribution in [1.82, 2.24) is 10.3 Å².